The summed E-state index contributed by atoms with van der Waals surface area (Å²) >= 11 is 0. The number of fused-ring (bicyclic) bond motifs is 1. The van der Waals surface area contributed by atoms with Gasteiger partial charge in [0.15, 0.2) is 12.3 Å². The molecule has 3 heterocycles. The number of hydrogen-bond donors (Lipinski definition) is 1. The van der Waals surface area contributed by atoms with E-state index >= 15 is 0 Å². The van der Waals surface area contributed by atoms with Gasteiger partial charge in [-0.15, -0.1) is 0 Å². The van der Waals surface area contributed by atoms with E-state index < -0.39 is 18.5 Å². The molecule has 0 bridgehead atoms. The lowest BCUT2D eigenvalue weighted by atomic mass is 10.2. The van der Waals surface area contributed by atoms with Gasteiger partial charge in [-0.05, 0) is 45.9 Å². The Balaban J connectivity index is 1.42. The first-order valence-electron chi connectivity index (χ1n) is 10.3. The van der Waals surface area contributed by atoms with Gasteiger partial charge in [-0.3, -0.25) is 4.79 Å². The molecule has 0 radical (unpaired) electrons. The molecule has 0 aliphatic rings. The van der Waals surface area contributed by atoms with Gasteiger partial charge in [0.2, 0.25) is 0 Å². The van der Waals surface area contributed by atoms with Crippen molar-refractivity contribution in [3.05, 3.63) is 65.6 Å². The van der Waals surface area contributed by atoms with Crippen LogP contribution in [0.1, 0.15) is 41.5 Å². The van der Waals surface area contributed by atoms with Crippen LogP contribution in [0.15, 0.2) is 48.8 Å². The zero-order chi connectivity index (χ0) is 22.8. The molecular weight excluding hydrogens is 408 g/mol. The summed E-state index contributed by atoms with van der Waals surface area (Å²) in [5, 5.41) is 12.2. The molecule has 4 aromatic rings. The third kappa shape index (κ3) is 4.36. The van der Waals surface area contributed by atoms with Crippen molar-refractivity contribution in [3.63, 3.8) is 0 Å². The third-order valence-electron chi connectivity index (χ3n) is 4.87. The number of benzene rings is 1. The van der Waals surface area contributed by atoms with Crippen molar-refractivity contribution in [3.8, 4) is 5.69 Å². The second kappa shape index (κ2) is 8.62. The first kappa shape index (κ1) is 21.2. The number of amides is 1. The molecule has 1 amide bonds. The van der Waals surface area contributed by atoms with Gasteiger partial charge < -0.3 is 10.1 Å². The molecule has 0 aliphatic carbocycles. The summed E-state index contributed by atoms with van der Waals surface area (Å²) in [4.78, 5) is 29.2. The van der Waals surface area contributed by atoms with Crippen molar-refractivity contribution < 1.29 is 14.3 Å². The summed E-state index contributed by atoms with van der Waals surface area (Å²) in [5.74, 6) is -0.597. The highest BCUT2D eigenvalue weighted by molar-refractivity contribution is 5.96. The minimum atomic E-state index is -0.630. The van der Waals surface area contributed by atoms with Gasteiger partial charge >= 0.3 is 5.97 Å². The van der Waals surface area contributed by atoms with Crippen molar-refractivity contribution in [2.24, 2.45) is 0 Å². The molecule has 9 heteroatoms. The SMILES string of the molecule is Cc1ccc(-n2nc(C)cc2NC(=O)COC(=O)c2cnc3c(cnn3C(C)C)c2)cc1. The number of anilines is 1. The van der Waals surface area contributed by atoms with Crippen LogP contribution in [-0.4, -0.2) is 43.0 Å². The maximum absolute atomic E-state index is 12.4. The van der Waals surface area contributed by atoms with Crippen LogP contribution in [0.5, 0.6) is 0 Å². The zero-order valence-electron chi connectivity index (χ0n) is 18.4. The fourth-order valence-electron chi connectivity index (χ4n) is 3.29. The Morgan fingerprint density at radius 2 is 1.84 bits per heavy atom. The summed E-state index contributed by atoms with van der Waals surface area (Å²) in [6, 6.07) is 11.3. The molecule has 0 aliphatic heterocycles. The molecule has 164 valence electrons. The summed E-state index contributed by atoms with van der Waals surface area (Å²) < 4.78 is 8.60. The molecule has 4 rings (SSSR count). The third-order valence-corrected chi connectivity index (χ3v) is 4.87. The Hall–Kier alpha value is -4.01. The van der Waals surface area contributed by atoms with Gasteiger partial charge in [0.25, 0.3) is 5.91 Å². The minimum Gasteiger partial charge on any atom is -0.452 e. The summed E-state index contributed by atoms with van der Waals surface area (Å²) in [6.45, 7) is 7.41. The number of esters is 1. The monoisotopic (exact) mass is 432 g/mol. The Bertz CT molecular complexity index is 1290. The number of rotatable bonds is 6. The van der Waals surface area contributed by atoms with Gasteiger partial charge in [0.1, 0.15) is 5.82 Å². The molecule has 0 spiro atoms. The molecule has 0 saturated heterocycles. The quantitative estimate of drug-likeness (QED) is 0.467. The fraction of sp³-hybridized carbons (Fsp3) is 0.261. The molecule has 0 saturated carbocycles. The number of hydrogen-bond acceptors (Lipinski definition) is 6. The number of nitrogens with zero attached hydrogens (tertiary/aromatic N) is 5. The van der Waals surface area contributed by atoms with Gasteiger partial charge in [-0.1, -0.05) is 17.7 Å². The highest BCUT2D eigenvalue weighted by Gasteiger charge is 2.16. The van der Waals surface area contributed by atoms with E-state index in [0.717, 1.165) is 22.3 Å². The van der Waals surface area contributed by atoms with Crippen LogP contribution in [0.2, 0.25) is 0 Å². The van der Waals surface area contributed by atoms with Crippen molar-refractivity contribution in [1.29, 1.82) is 0 Å². The van der Waals surface area contributed by atoms with E-state index in [9.17, 15) is 9.59 Å². The lowest BCUT2D eigenvalue weighted by molar-refractivity contribution is -0.119. The molecule has 9 nitrogen and oxygen atoms in total. The van der Waals surface area contributed by atoms with E-state index in [2.05, 4.69) is 20.5 Å². The molecule has 0 atom stereocenters. The number of carbonyl (C=O) groups is 2. The fourth-order valence-corrected chi connectivity index (χ4v) is 3.29. The highest BCUT2D eigenvalue weighted by Crippen LogP contribution is 2.19. The van der Waals surface area contributed by atoms with Gasteiger partial charge in [0, 0.05) is 23.7 Å². The Morgan fingerprint density at radius 1 is 1.09 bits per heavy atom. The molecule has 1 N–H and O–H groups in total. The second-order valence-electron chi connectivity index (χ2n) is 7.86. The summed E-state index contributed by atoms with van der Waals surface area (Å²) in [5.41, 5.74) is 3.64. The topological polar surface area (TPSA) is 104 Å². The normalized spacial score (nSPS) is 11.2. The average Bonchev–Trinajstić information content (AvgIpc) is 3.35. The molecule has 0 unspecified atom stereocenters. The van der Waals surface area contributed by atoms with E-state index in [1.54, 1.807) is 27.7 Å². The predicted octanol–water partition coefficient (Wildman–Crippen LogP) is 3.61. The van der Waals surface area contributed by atoms with E-state index in [4.69, 9.17) is 4.74 Å². The van der Waals surface area contributed by atoms with E-state index in [1.165, 1.54) is 6.20 Å². The van der Waals surface area contributed by atoms with Crippen molar-refractivity contribution in [1.82, 2.24) is 24.5 Å². The maximum atomic E-state index is 12.4. The first-order valence-corrected chi connectivity index (χ1v) is 10.3. The molecule has 3 aromatic heterocycles. The van der Waals surface area contributed by atoms with Crippen LogP contribution < -0.4 is 5.32 Å². The van der Waals surface area contributed by atoms with Crippen LogP contribution in [0.3, 0.4) is 0 Å². The molecule has 32 heavy (non-hydrogen) atoms. The average molecular weight is 432 g/mol. The highest BCUT2D eigenvalue weighted by atomic mass is 16.5. The number of nitrogens with one attached hydrogen (secondary N) is 1. The van der Waals surface area contributed by atoms with E-state index in [1.807, 2.05) is 52.0 Å². The standard InChI is InChI=1S/C23H24N6O3/c1-14(2)28-22-17(12-25-28)10-18(11-24-22)23(31)32-13-21(30)26-20-9-16(4)27-29(20)19-7-5-15(3)6-8-19/h5-12,14H,13H2,1-4H3,(H,26,30). The number of aryl methyl sites for hydroxylation is 2. The molecule has 1 aromatic carbocycles. The first-order chi connectivity index (χ1) is 15.3. The van der Waals surface area contributed by atoms with Gasteiger partial charge in [0.05, 0.1) is 23.1 Å². The maximum Gasteiger partial charge on any atom is 0.340 e. The molecular formula is C23H24N6O3. The lowest BCUT2D eigenvalue weighted by Gasteiger charge is -2.10. The second-order valence-corrected chi connectivity index (χ2v) is 7.86. The minimum absolute atomic E-state index is 0.151. The van der Waals surface area contributed by atoms with Gasteiger partial charge in [-0.25, -0.2) is 19.1 Å². The lowest BCUT2D eigenvalue weighted by Crippen LogP contribution is -2.22. The van der Waals surface area contributed by atoms with Gasteiger partial charge in [-0.2, -0.15) is 10.2 Å². The number of aromatic nitrogens is 5. The van der Waals surface area contributed by atoms with Crippen molar-refractivity contribution in [2.75, 3.05) is 11.9 Å². The number of carbonyl (C=O) groups excluding carboxylic acids is 2. The van der Waals surface area contributed by atoms with Crippen molar-refractivity contribution in [2.45, 2.75) is 33.7 Å². The van der Waals surface area contributed by atoms with Crippen LogP contribution in [0.4, 0.5) is 5.82 Å². The number of pyridine rings is 1. The van der Waals surface area contributed by atoms with E-state index in [-0.39, 0.29) is 11.6 Å². The predicted molar refractivity (Wildman–Crippen MR) is 120 cm³/mol. The van der Waals surface area contributed by atoms with E-state index in [0.29, 0.717) is 11.5 Å². The zero-order valence-corrected chi connectivity index (χ0v) is 18.4. The smallest absolute Gasteiger partial charge is 0.340 e. The Morgan fingerprint density at radius 3 is 2.56 bits per heavy atom. The summed E-state index contributed by atoms with van der Waals surface area (Å²) in [7, 11) is 0. The summed E-state index contributed by atoms with van der Waals surface area (Å²) in [6.07, 6.45) is 3.08. The molecule has 0 fully saturated rings. The Labute approximate surface area is 185 Å². The largest absolute Gasteiger partial charge is 0.452 e. The van der Waals surface area contributed by atoms with Crippen LogP contribution >= 0.6 is 0 Å². The van der Waals surface area contributed by atoms with Crippen LogP contribution in [0.25, 0.3) is 16.7 Å². The van der Waals surface area contributed by atoms with Crippen molar-refractivity contribution >= 4 is 28.7 Å². The number of ether oxygens (including phenoxy) is 1. The Kier molecular flexibility index (Phi) is 5.72. The van der Waals surface area contributed by atoms with Crippen LogP contribution in [-0.2, 0) is 9.53 Å². The van der Waals surface area contributed by atoms with Crippen LogP contribution in [0, 0.1) is 13.8 Å².